The maximum Gasteiger partial charge on any atom is 0.392 e. The fourth-order valence-corrected chi connectivity index (χ4v) is 3.87. The van der Waals surface area contributed by atoms with Crippen molar-refractivity contribution < 1.29 is 32.6 Å². The van der Waals surface area contributed by atoms with E-state index in [4.69, 9.17) is 9.84 Å². The van der Waals surface area contributed by atoms with E-state index in [0.29, 0.717) is 32.5 Å². The number of carbonyl (C=O) groups excluding carboxylic acids is 1. The van der Waals surface area contributed by atoms with Crippen molar-refractivity contribution in [3.05, 3.63) is 0 Å². The van der Waals surface area contributed by atoms with Crippen LogP contribution in [0.25, 0.3) is 0 Å². The van der Waals surface area contributed by atoms with E-state index in [0.717, 1.165) is 6.42 Å². The van der Waals surface area contributed by atoms with Crippen LogP contribution in [0.5, 0.6) is 0 Å². The molecule has 2 amide bonds. The Bertz CT molecular complexity index is 518. The molecule has 1 saturated carbocycles. The largest absolute Gasteiger partial charge is 0.480 e. The lowest BCUT2D eigenvalue weighted by Crippen LogP contribution is -2.53. The third-order valence-corrected chi connectivity index (χ3v) is 5.19. The normalized spacial score (nSPS) is 26.9. The zero-order chi connectivity index (χ0) is 20.0. The number of morpholine rings is 1. The number of hydrogen-bond acceptors (Lipinski definition) is 4. The van der Waals surface area contributed by atoms with Gasteiger partial charge in [0.05, 0.1) is 25.2 Å². The van der Waals surface area contributed by atoms with Gasteiger partial charge in [-0.25, -0.2) is 4.79 Å². The van der Waals surface area contributed by atoms with E-state index >= 15 is 0 Å². The molecule has 10 heteroatoms. The van der Waals surface area contributed by atoms with Crippen molar-refractivity contribution in [1.29, 1.82) is 0 Å². The van der Waals surface area contributed by atoms with Crippen molar-refractivity contribution in [1.82, 2.24) is 15.1 Å². The summed E-state index contributed by atoms with van der Waals surface area (Å²) in [5.74, 6) is -2.88. The van der Waals surface area contributed by atoms with Crippen molar-refractivity contribution in [3.8, 4) is 0 Å². The number of amides is 2. The van der Waals surface area contributed by atoms with E-state index in [-0.39, 0.29) is 32.2 Å². The second-order valence-electron chi connectivity index (χ2n) is 7.41. The number of urea groups is 1. The summed E-state index contributed by atoms with van der Waals surface area (Å²) in [6.45, 7) is 1.19. The summed E-state index contributed by atoms with van der Waals surface area (Å²) >= 11 is 0. The molecule has 0 spiro atoms. The molecular weight excluding hydrogens is 367 g/mol. The number of alkyl halides is 3. The summed E-state index contributed by atoms with van der Waals surface area (Å²) in [6, 6.07) is -0.393. The maximum absolute atomic E-state index is 13.1. The molecule has 0 aromatic heterocycles. The number of carbonyl (C=O) groups is 2. The van der Waals surface area contributed by atoms with Gasteiger partial charge in [0.2, 0.25) is 0 Å². The highest BCUT2D eigenvalue weighted by molar-refractivity contribution is 5.74. The van der Waals surface area contributed by atoms with E-state index < -0.39 is 30.0 Å². The highest BCUT2D eigenvalue weighted by Crippen LogP contribution is 2.41. The smallest absolute Gasteiger partial charge is 0.392 e. The Kier molecular flexibility index (Phi) is 7.72. The lowest BCUT2D eigenvalue weighted by atomic mass is 9.79. The third-order valence-electron chi connectivity index (χ3n) is 5.19. The summed E-state index contributed by atoms with van der Waals surface area (Å²) in [7, 11) is 1.65. The number of hydrogen-bond donors (Lipinski definition) is 2. The lowest BCUT2D eigenvalue weighted by Gasteiger charge is -2.36. The van der Waals surface area contributed by atoms with Gasteiger partial charge in [0.1, 0.15) is 0 Å². The van der Waals surface area contributed by atoms with E-state index in [1.807, 2.05) is 0 Å². The Balaban J connectivity index is 1.81. The van der Waals surface area contributed by atoms with Crippen LogP contribution in [0.15, 0.2) is 0 Å². The van der Waals surface area contributed by atoms with Gasteiger partial charge in [-0.3, -0.25) is 9.69 Å². The Labute approximate surface area is 156 Å². The molecule has 0 bridgehead atoms. The summed E-state index contributed by atoms with van der Waals surface area (Å²) in [6.07, 6.45) is -2.64. The highest BCUT2D eigenvalue weighted by atomic mass is 19.4. The number of nitrogens with one attached hydrogen (secondary N) is 1. The van der Waals surface area contributed by atoms with Gasteiger partial charge in [0, 0.05) is 26.2 Å². The molecule has 27 heavy (non-hydrogen) atoms. The molecule has 1 heterocycles. The minimum Gasteiger partial charge on any atom is -0.480 e. The van der Waals surface area contributed by atoms with Crippen molar-refractivity contribution in [2.45, 2.75) is 38.0 Å². The Morgan fingerprint density at radius 3 is 2.67 bits per heavy atom. The van der Waals surface area contributed by atoms with Gasteiger partial charge < -0.3 is 20.1 Å². The van der Waals surface area contributed by atoms with E-state index in [1.165, 1.54) is 4.90 Å². The van der Waals surface area contributed by atoms with E-state index in [1.54, 1.807) is 11.9 Å². The van der Waals surface area contributed by atoms with Gasteiger partial charge in [-0.05, 0) is 25.8 Å². The minimum absolute atomic E-state index is 0.0178. The molecule has 3 atom stereocenters. The van der Waals surface area contributed by atoms with Crippen LogP contribution in [-0.4, -0.2) is 85.6 Å². The molecule has 2 rings (SSSR count). The molecule has 2 fully saturated rings. The second-order valence-corrected chi connectivity index (χ2v) is 7.41. The van der Waals surface area contributed by atoms with E-state index in [9.17, 15) is 22.8 Å². The molecule has 0 radical (unpaired) electrons. The number of carboxylic acids is 1. The number of carboxylic acid groups (broad SMARTS) is 1. The lowest BCUT2D eigenvalue weighted by molar-refractivity contribution is -0.195. The summed E-state index contributed by atoms with van der Waals surface area (Å²) < 4.78 is 45.0. The Morgan fingerprint density at radius 1 is 1.30 bits per heavy atom. The average Bonchev–Trinajstić information content (AvgIpc) is 2.58. The maximum atomic E-state index is 13.1. The SMILES string of the molecule is CN(CC(=O)O)CC1CN(C(=O)NCC2CCCCC2C(F)(F)F)CCO1. The number of aliphatic carboxylic acids is 1. The van der Waals surface area contributed by atoms with Crippen molar-refractivity contribution in [2.24, 2.45) is 11.8 Å². The standard InChI is InChI=1S/C17H28F3N3O4/c1-22(11-15(24)25)9-13-10-23(6-7-27-13)16(26)21-8-12-4-2-3-5-14(12)17(18,19)20/h12-14H,2-11H2,1H3,(H,21,26)(H,24,25). The van der Waals surface area contributed by atoms with Crippen molar-refractivity contribution in [3.63, 3.8) is 0 Å². The Morgan fingerprint density at radius 2 is 2.00 bits per heavy atom. The molecule has 1 aliphatic heterocycles. The van der Waals surface area contributed by atoms with Gasteiger partial charge in [0.15, 0.2) is 0 Å². The molecule has 0 aromatic carbocycles. The zero-order valence-electron chi connectivity index (χ0n) is 15.5. The molecule has 2 N–H and O–H groups in total. The molecule has 3 unspecified atom stereocenters. The summed E-state index contributed by atoms with van der Waals surface area (Å²) in [5.41, 5.74) is 0. The van der Waals surface area contributed by atoms with Gasteiger partial charge in [-0.1, -0.05) is 12.8 Å². The van der Waals surface area contributed by atoms with Crippen LogP contribution < -0.4 is 5.32 Å². The Hall–Kier alpha value is -1.55. The monoisotopic (exact) mass is 395 g/mol. The van der Waals surface area contributed by atoms with Crippen LogP contribution in [0, 0.1) is 11.8 Å². The number of nitrogens with zero attached hydrogens (tertiary/aromatic N) is 2. The number of rotatable bonds is 6. The van der Waals surface area contributed by atoms with Crippen LogP contribution >= 0.6 is 0 Å². The van der Waals surface area contributed by atoms with Crippen LogP contribution in [-0.2, 0) is 9.53 Å². The third kappa shape index (κ3) is 6.84. The number of ether oxygens (including phenoxy) is 1. The molecule has 0 aromatic rings. The van der Waals surface area contributed by atoms with Crippen LogP contribution in [0.4, 0.5) is 18.0 Å². The fraction of sp³-hybridized carbons (Fsp3) is 0.882. The van der Waals surface area contributed by atoms with Crippen LogP contribution in [0.2, 0.25) is 0 Å². The number of halogens is 3. The average molecular weight is 395 g/mol. The van der Waals surface area contributed by atoms with Crippen molar-refractivity contribution in [2.75, 3.05) is 46.4 Å². The number of likely N-dealkylation sites (N-methyl/N-ethyl adjacent to an activating group) is 1. The second kappa shape index (κ2) is 9.59. The first-order valence-electron chi connectivity index (χ1n) is 9.28. The minimum atomic E-state index is -4.23. The zero-order valence-corrected chi connectivity index (χ0v) is 15.5. The van der Waals surface area contributed by atoms with Gasteiger partial charge >= 0.3 is 18.2 Å². The van der Waals surface area contributed by atoms with Crippen molar-refractivity contribution >= 4 is 12.0 Å². The summed E-state index contributed by atoms with van der Waals surface area (Å²) in [4.78, 5) is 26.2. The van der Waals surface area contributed by atoms with Gasteiger partial charge in [-0.2, -0.15) is 13.2 Å². The quantitative estimate of drug-likeness (QED) is 0.717. The molecule has 1 saturated heterocycles. The summed E-state index contributed by atoms with van der Waals surface area (Å²) in [5, 5.41) is 11.4. The first-order chi connectivity index (χ1) is 12.7. The topological polar surface area (TPSA) is 82.1 Å². The molecule has 7 nitrogen and oxygen atoms in total. The molecule has 156 valence electrons. The molecule has 2 aliphatic rings. The predicted octanol–water partition coefficient (Wildman–Crippen LogP) is 1.78. The molecular formula is C17H28F3N3O4. The van der Waals surface area contributed by atoms with Crippen LogP contribution in [0.1, 0.15) is 25.7 Å². The van der Waals surface area contributed by atoms with E-state index in [2.05, 4.69) is 5.32 Å². The van der Waals surface area contributed by atoms with Crippen LogP contribution in [0.3, 0.4) is 0 Å². The highest BCUT2D eigenvalue weighted by Gasteiger charge is 2.45. The van der Waals surface area contributed by atoms with Gasteiger partial charge in [0.25, 0.3) is 0 Å². The first-order valence-corrected chi connectivity index (χ1v) is 9.28. The predicted molar refractivity (Wildman–Crippen MR) is 91.3 cm³/mol. The fourth-order valence-electron chi connectivity index (χ4n) is 3.87. The van der Waals surface area contributed by atoms with Gasteiger partial charge in [-0.15, -0.1) is 0 Å². The molecule has 1 aliphatic carbocycles. The first kappa shape index (κ1) is 21.7.